The van der Waals surface area contributed by atoms with Crippen molar-refractivity contribution in [3.63, 3.8) is 0 Å². The molecule has 2 heterocycles. The number of rotatable bonds is 2. The molecule has 0 aromatic carbocycles. The van der Waals surface area contributed by atoms with Crippen molar-refractivity contribution in [3.8, 4) is 0 Å². The largest absolute Gasteiger partial charge is 0.373 e. The molecule has 0 radical (unpaired) electrons. The number of aromatic amines is 1. The summed E-state index contributed by atoms with van der Waals surface area (Å²) in [6, 6.07) is 1.81. The maximum Gasteiger partial charge on any atom is 0.311 e. The normalized spacial score (nSPS) is 16.2. The summed E-state index contributed by atoms with van der Waals surface area (Å²) in [5.74, 6) is 0.909. The number of aromatic nitrogens is 1. The van der Waals surface area contributed by atoms with Crippen molar-refractivity contribution in [1.29, 1.82) is 0 Å². The topological polar surface area (TPSA) is 69.8 Å². The summed E-state index contributed by atoms with van der Waals surface area (Å²) in [5.41, 5.74) is 0.794. The Morgan fingerprint density at radius 3 is 2.75 bits per heavy atom. The van der Waals surface area contributed by atoms with Crippen LogP contribution in [0.1, 0.15) is 5.56 Å². The van der Waals surface area contributed by atoms with E-state index in [-0.39, 0.29) is 10.6 Å². The number of morpholine rings is 1. The van der Waals surface area contributed by atoms with Gasteiger partial charge < -0.3 is 4.74 Å². The van der Waals surface area contributed by atoms with Gasteiger partial charge >= 0.3 is 5.69 Å². The minimum absolute atomic E-state index is 0.122. The lowest BCUT2D eigenvalue weighted by molar-refractivity contribution is -0.415. The van der Waals surface area contributed by atoms with Crippen LogP contribution in [0.5, 0.6) is 0 Å². The van der Waals surface area contributed by atoms with E-state index >= 15 is 0 Å². The second-order valence-corrected chi connectivity index (χ2v) is 3.74. The van der Waals surface area contributed by atoms with Crippen LogP contribution in [0.15, 0.2) is 12.3 Å². The van der Waals surface area contributed by atoms with Gasteiger partial charge in [-0.15, -0.1) is 0 Å². The first-order chi connectivity index (χ1) is 7.68. The molecular weight excluding hydrogens is 210 g/mol. The second kappa shape index (κ2) is 4.44. The van der Waals surface area contributed by atoms with E-state index in [1.807, 2.05) is 6.07 Å². The van der Waals surface area contributed by atoms with Gasteiger partial charge in [0.25, 0.3) is 5.82 Å². The molecule has 0 aliphatic carbocycles. The molecule has 0 spiro atoms. The zero-order valence-corrected chi connectivity index (χ0v) is 9.10. The predicted octanol–water partition coefficient (Wildman–Crippen LogP) is 0.554. The van der Waals surface area contributed by atoms with E-state index < -0.39 is 0 Å². The highest BCUT2D eigenvalue weighted by atomic mass is 16.6. The monoisotopic (exact) mass is 224 g/mol. The van der Waals surface area contributed by atoms with Gasteiger partial charge in [-0.05, 0) is 6.92 Å². The lowest BCUT2D eigenvalue weighted by Gasteiger charge is -2.21. The molecule has 1 fully saturated rings. The molecule has 1 aromatic heterocycles. The van der Waals surface area contributed by atoms with Crippen molar-refractivity contribution >= 4 is 11.5 Å². The first-order valence-corrected chi connectivity index (χ1v) is 5.18. The van der Waals surface area contributed by atoms with Gasteiger partial charge in [0.05, 0.1) is 18.1 Å². The van der Waals surface area contributed by atoms with Crippen LogP contribution in [-0.4, -0.2) is 31.2 Å². The molecule has 1 N–H and O–H groups in total. The first kappa shape index (κ1) is 10.8. The van der Waals surface area contributed by atoms with Gasteiger partial charge in [-0.2, -0.15) is 0 Å². The number of nitrogens with one attached hydrogen (secondary N) is 1. The van der Waals surface area contributed by atoms with Crippen molar-refractivity contribution in [1.82, 2.24) is 0 Å². The minimum atomic E-state index is -0.380. The van der Waals surface area contributed by atoms with E-state index in [9.17, 15) is 10.1 Å². The average Bonchev–Trinajstić information content (AvgIpc) is 2.29. The number of pyridine rings is 1. The summed E-state index contributed by atoms with van der Waals surface area (Å²) >= 11 is 0. The average molecular weight is 224 g/mol. The quantitative estimate of drug-likeness (QED) is 0.543. The van der Waals surface area contributed by atoms with Crippen LogP contribution in [0, 0.1) is 17.0 Å². The van der Waals surface area contributed by atoms with Crippen LogP contribution < -0.4 is 9.88 Å². The molecule has 1 aliphatic heterocycles. The number of anilines is 1. The lowest BCUT2D eigenvalue weighted by Crippen LogP contribution is -2.39. The minimum Gasteiger partial charge on any atom is -0.373 e. The lowest BCUT2D eigenvalue weighted by atomic mass is 10.2. The number of H-pyrrole nitrogens is 1. The number of aryl methyl sites for hydroxylation is 1. The summed E-state index contributed by atoms with van der Waals surface area (Å²) < 4.78 is 5.25. The third-order valence-electron chi connectivity index (χ3n) is 2.66. The Kier molecular flexibility index (Phi) is 3.00. The number of nitro groups is 1. The van der Waals surface area contributed by atoms with E-state index in [0.29, 0.717) is 18.8 Å². The molecule has 0 saturated carbocycles. The summed E-state index contributed by atoms with van der Waals surface area (Å²) in [6.07, 6.45) is 1.44. The van der Waals surface area contributed by atoms with E-state index in [1.165, 1.54) is 6.20 Å². The Balaban J connectivity index is 2.23. The molecule has 6 heteroatoms. The molecule has 0 atom stereocenters. The maximum absolute atomic E-state index is 10.7. The summed E-state index contributed by atoms with van der Waals surface area (Å²) in [4.78, 5) is 15.4. The Morgan fingerprint density at radius 2 is 2.19 bits per heavy atom. The molecule has 0 unspecified atom stereocenters. The van der Waals surface area contributed by atoms with Crippen LogP contribution >= 0.6 is 0 Å². The van der Waals surface area contributed by atoms with Gasteiger partial charge in [0.1, 0.15) is 13.1 Å². The highest BCUT2D eigenvalue weighted by Gasteiger charge is 2.22. The Hall–Kier alpha value is -1.69. The Morgan fingerprint density at radius 1 is 1.50 bits per heavy atom. The van der Waals surface area contributed by atoms with Crippen molar-refractivity contribution < 1.29 is 14.6 Å². The van der Waals surface area contributed by atoms with Gasteiger partial charge in [0.15, 0.2) is 6.20 Å². The smallest absolute Gasteiger partial charge is 0.311 e. The number of hydrogen-bond acceptors (Lipinski definition) is 4. The van der Waals surface area contributed by atoms with Crippen LogP contribution in [-0.2, 0) is 4.74 Å². The Bertz CT molecular complexity index is 402. The molecule has 1 aromatic rings. The summed E-state index contributed by atoms with van der Waals surface area (Å²) in [5, 5.41) is 10.7. The number of nitrogens with zero attached hydrogens (tertiary/aromatic N) is 2. The van der Waals surface area contributed by atoms with Crippen molar-refractivity contribution in [2.45, 2.75) is 6.92 Å². The van der Waals surface area contributed by atoms with E-state index in [4.69, 9.17) is 4.74 Å². The third-order valence-corrected chi connectivity index (χ3v) is 2.66. The van der Waals surface area contributed by atoms with Crippen LogP contribution in [0.25, 0.3) is 0 Å². The van der Waals surface area contributed by atoms with E-state index in [0.717, 1.165) is 18.9 Å². The number of ether oxygens (including phenoxy) is 1. The molecule has 2 rings (SSSR count). The van der Waals surface area contributed by atoms with Crippen molar-refractivity contribution in [2.24, 2.45) is 0 Å². The summed E-state index contributed by atoms with van der Waals surface area (Å²) in [7, 11) is 0. The maximum atomic E-state index is 10.7. The predicted molar refractivity (Wildman–Crippen MR) is 57.4 cm³/mol. The first-order valence-electron chi connectivity index (χ1n) is 5.18. The van der Waals surface area contributed by atoms with Gasteiger partial charge in [0.2, 0.25) is 0 Å². The molecule has 1 aliphatic rings. The summed E-state index contributed by atoms with van der Waals surface area (Å²) in [6.45, 7) is 4.77. The molecule has 86 valence electrons. The molecule has 6 nitrogen and oxygen atoms in total. The van der Waals surface area contributed by atoms with Gasteiger partial charge in [-0.3, -0.25) is 15.0 Å². The number of hydrogen-bond donors (Lipinski definition) is 0. The SMILES string of the molecule is Cc1cc(N2CCOCC2)[nH+]cc1[N+](=O)[O-]. The van der Waals surface area contributed by atoms with Crippen LogP contribution in [0.4, 0.5) is 11.5 Å². The zero-order valence-electron chi connectivity index (χ0n) is 9.10. The standard InChI is InChI=1S/C10H13N3O3/c1-8-6-10(11-7-9(8)13(14)15)12-2-4-16-5-3-12/h6-7H,2-5H2,1H3/p+1. The van der Waals surface area contributed by atoms with Crippen molar-refractivity contribution in [3.05, 3.63) is 27.9 Å². The molecule has 16 heavy (non-hydrogen) atoms. The van der Waals surface area contributed by atoms with E-state index in [1.54, 1.807) is 6.92 Å². The molecule has 0 bridgehead atoms. The van der Waals surface area contributed by atoms with Gasteiger partial charge in [-0.1, -0.05) is 0 Å². The fraction of sp³-hybridized carbons (Fsp3) is 0.500. The zero-order chi connectivity index (χ0) is 11.5. The van der Waals surface area contributed by atoms with Crippen LogP contribution in [0.3, 0.4) is 0 Å². The van der Waals surface area contributed by atoms with E-state index in [2.05, 4.69) is 9.88 Å². The highest BCUT2D eigenvalue weighted by Crippen LogP contribution is 2.18. The van der Waals surface area contributed by atoms with Crippen LogP contribution in [0.2, 0.25) is 0 Å². The molecule has 1 saturated heterocycles. The third kappa shape index (κ3) is 2.11. The van der Waals surface area contributed by atoms with Gasteiger partial charge in [-0.25, -0.2) is 4.98 Å². The molecular formula is C10H14N3O3+. The molecule has 0 amide bonds. The highest BCUT2D eigenvalue weighted by molar-refractivity contribution is 5.44. The fourth-order valence-corrected chi connectivity index (χ4v) is 1.76. The van der Waals surface area contributed by atoms with Crippen molar-refractivity contribution in [2.75, 3.05) is 31.2 Å². The second-order valence-electron chi connectivity index (χ2n) is 3.74. The Labute approximate surface area is 93.0 Å². The van der Waals surface area contributed by atoms with Gasteiger partial charge in [0, 0.05) is 11.6 Å². The fourth-order valence-electron chi connectivity index (χ4n) is 1.76.